The lowest BCUT2D eigenvalue weighted by atomic mass is 10.2. The van der Waals surface area contributed by atoms with Crippen LogP contribution in [0.5, 0.6) is 0 Å². The minimum atomic E-state index is -0.667. The van der Waals surface area contributed by atoms with Gasteiger partial charge in [-0.15, -0.1) is 0 Å². The van der Waals surface area contributed by atoms with Gasteiger partial charge in [-0.2, -0.15) is 0 Å². The Morgan fingerprint density at radius 2 is 2.27 bits per heavy atom. The summed E-state index contributed by atoms with van der Waals surface area (Å²) in [7, 11) is 0. The molecule has 0 aromatic heterocycles. The molecule has 60 valence electrons. The van der Waals surface area contributed by atoms with Gasteiger partial charge in [-0.1, -0.05) is 0 Å². The summed E-state index contributed by atoms with van der Waals surface area (Å²) in [6.45, 7) is 1.30. The van der Waals surface area contributed by atoms with Gasteiger partial charge in [-0.25, -0.2) is 0 Å². The van der Waals surface area contributed by atoms with Gasteiger partial charge < -0.3 is 5.32 Å². The van der Waals surface area contributed by atoms with Crippen molar-refractivity contribution in [1.82, 2.24) is 10.6 Å². The number of imide groups is 1. The minimum Gasteiger partial charge on any atom is -0.344 e. The molecule has 0 radical (unpaired) electrons. The molecule has 1 atom stereocenters. The molecule has 1 rings (SSSR count). The number of carbonyl (C=O) groups excluding carboxylic acids is 3. The number of amides is 3. The Morgan fingerprint density at radius 1 is 1.64 bits per heavy atom. The summed E-state index contributed by atoms with van der Waals surface area (Å²) < 4.78 is 0. The smallest absolute Gasteiger partial charge is 0.249 e. The Labute approximate surface area is 63.1 Å². The van der Waals surface area contributed by atoms with Crippen molar-refractivity contribution in [2.75, 3.05) is 0 Å². The van der Waals surface area contributed by atoms with Gasteiger partial charge in [0.25, 0.3) is 0 Å². The van der Waals surface area contributed by atoms with Crippen molar-refractivity contribution in [3.05, 3.63) is 0 Å². The van der Waals surface area contributed by atoms with Crippen molar-refractivity contribution >= 4 is 17.7 Å². The first-order valence-corrected chi connectivity index (χ1v) is 3.20. The number of nitrogens with one attached hydrogen (secondary N) is 2. The minimum absolute atomic E-state index is 0.0540. The quantitative estimate of drug-likeness (QED) is 0.455. The van der Waals surface area contributed by atoms with Gasteiger partial charge in [-0.3, -0.25) is 19.7 Å². The van der Waals surface area contributed by atoms with E-state index in [4.69, 9.17) is 0 Å². The Bertz CT molecular complexity index is 224. The van der Waals surface area contributed by atoms with Crippen LogP contribution in [0.3, 0.4) is 0 Å². The normalized spacial score (nSPS) is 23.2. The molecule has 11 heavy (non-hydrogen) atoms. The zero-order valence-electron chi connectivity index (χ0n) is 6.01. The second-order valence-corrected chi connectivity index (χ2v) is 2.37. The molecular formula is C6H8N2O3. The zero-order valence-corrected chi connectivity index (χ0v) is 6.01. The van der Waals surface area contributed by atoms with Crippen LogP contribution in [0.2, 0.25) is 0 Å². The van der Waals surface area contributed by atoms with Crippen LogP contribution in [-0.2, 0) is 14.4 Å². The first-order chi connectivity index (χ1) is 5.09. The largest absolute Gasteiger partial charge is 0.344 e. The molecule has 0 aliphatic carbocycles. The highest BCUT2D eigenvalue weighted by atomic mass is 16.2. The molecule has 0 bridgehead atoms. The predicted octanol–water partition coefficient (Wildman–Crippen LogP) is -1.46. The van der Waals surface area contributed by atoms with Crippen molar-refractivity contribution in [3.8, 4) is 0 Å². The Hall–Kier alpha value is -1.39. The fourth-order valence-corrected chi connectivity index (χ4v) is 0.916. The van der Waals surface area contributed by atoms with Crippen molar-refractivity contribution < 1.29 is 14.4 Å². The van der Waals surface area contributed by atoms with Gasteiger partial charge in [0.2, 0.25) is 17.7 Å². The third-order valence-corrected chi connectivity index (χ3v) is 1.35. The van der Waals surface area contributed by atoms with E-state index in [0.717, 1.165) is 0 Å². The van der Waals surface area contributed by atoms with E-state index in [1.54, 1.807) is 0 Å². The molecule has 0 aromatic rings. The Balaban J connectivity index is 2.53. The molecule has 1 aliphatic rings. The lowest BCUT2D eigenvalue weighted by Gasteiger charge is -2.04. The summed E-state index contributed by atoms with van der Waals surface area (Å²) in [4.78, 5) is 31.8. The highest BCUT2D eigenvalue weighted by Crippen LogP contribution is 2.00. The van der Waals surface area contributed by atoms with Crippen LogP contribution >= 0.6 is 0 Å². The molecule has 0 unspecified atom stereocenters. The van der Waals surface area contributed by atoms with Crippen molar-refractivity contribution in [1.29, 1.82) is 0 Å². The summed E-state index contributed by atoms with van der Waals surface area (Å²) in [5.41, 5.74) is 0. The number of hydrogen-bond donors (Lipinski definition) is 2. The van der Waals surface area contributed by atoms with E-state index in [1.165, 1.54) is 6.92 Å². The molecule has 5 nitrogen and oxygen atoms in total. The number of carbonyl (C=O) groups is 3. The molecule has 0 spiro atoms. The van der Waals surface area contributed by atoms with Gasteiger partial charge in [-0.05, 0) is 0 Å². The lowest BCUT2D eigenvalue weighted by Crippen LogP contribution is -2.38. The molecule has 1 heterocycles. The van der Waals surface area contributed by atoms with Crippen molar-refractivity contribution in [2.45, 2.75) is 19.4 Å². The first-order valence-electron chi connectivity index (χ1n) is 3.20. The molecular weight excluding hydrogens is 148 g/mol. The van der Waals surface area contributed by atoms with Gasteiger partial charge in [0.05, 0.1) is 6.42 Å². The highest BCUT2D eigenvalue weighted by Gasteiger charge is 2.30. The second-order valence-electron chi connectivity index (χ2n) is 2.37. The van der Waals surface area contributed by atoms with E-state index >= 15 is 0 Å². The number of hydrogen-bond acceptors (Lipinski definition) is 3. The Morgan fingerprint density at radius 3 is 2.64 bits per heavy atom. The average Bonchev–Trinajstić information content (AvgIpc) is 2.09. The molecule has 0 saturated carbocycles. The van der Waals surface area contributed by atoms with Gasteiger partial charge in [0, 0.05) is 6.92 Å². The molecule has 1 aliphatic heterocycles. The Kier molecular flexibility index (Phi) is 1.89. The topological polar surface area (TPSA) is 75.3 Å². The first kappa shape index (κ1) is 7.71. The summed E-state index contributed by atoms with van der Waals surface area (Å²) in [6.07, 6.45) is 0.0540. The van der Waals surface area contributed by atoms with E-state index < -0.39 is 11.9 Å². The van der Waals surface area contributed by atoms with Crippen LogP contribution in [-0.4, -0.2) is 23.8 Å². The van der Waals surface area contributed by atoms with Crippen LogP contribution in [0.25, 0.3) is 0 Å². The maximum Gasteiger partial charge on any atom is 0.249 e. The summed E-state index contributed by atoms with van der Waals surface area (Å²) in [6, 6.07) is -0.667. The van der Waals surface area contributed by atoms with E-state index in [2.05, 4.69) is 10.6 Å². The third-order valence-electron chi connectivity index (χ3n) is 1.35. The van der Waals surface area contributed by atoms with Crippen molar-refractivity contribution in [2.24, 2.45) is 0 Å². The molecule has 2 N–H and O–H groups in total. The van der Waals surface area contributed by atoms with Gasteiger partial charge in [0.1, 0.15) is 6.04 Å². The summed E-state index contributed by atoms with van der Waals surface area (Å²) in [5, 5.41) is 4.43. The highest BCUT2D eigenvalue weighted by molar-refractivity contribution is 6.06. The standard InChI is InChI=1S/C6H8N2O3/c1-3(9)7-4-2-5(10)8-6(4)11/h4H,2H2,1H3,(H,7,9)(H,8,10,11)/t4-/m0/s1. The fourth-order valence-electron chi connectivity index (χ4n) is 0.916. The molecule has 1 fully saturated rings. The SMILES string of the molecule is CC(=O)N[C@H]1CC(=O)NC1=O. The van der Waals surface area contributed by atoms with Crippen molar-refractivity contribution in [3.63, 3.8) is 0 Å². The van der Waals surface area contributed by atoms with Crippen LogP contribution in [0.4, 0.5) is 0 Å². The average molecular weight is 156 g/mol. The zero-order chi connectivity index (χ0) is 8.43. The second kappa shape index (κ2) is 2.69. The summed E-state index contributed by atoms with van der Waals surface area (Å²) >= 11 is 0. The van der Waals surface area contributed by atoms with E-state index in [1.807, 2.05) is 0 Å². The molecule has 0 aromatic carbocycles. The molecule has 1 saturated heterocycles. The fraction of sp³-hybridized carbons (Fsp3) is 0.500. The van der Waals surface area contributed by atoms with Gasteiger partial charge in [0.15, 0.2) is 0 Å². The van der Waals surface area contributed by atoms with Gasteiger partial charge >= 0.3 is 0 Å². The lowest BCUT2D eigenvalue weighted by molar-refractivity contribution is -0.127. The molecule has 3 amide bonds. The maximum atomic E-state index is 10.8. The van der Waals surface area contributed by atoms with E-state index in [9.17, 15) is 14.4 Å². The van der Waals surface area contributed by atoms with E-state index in [-0.39, 0.29) is 18.2 Å². The van der Waals surface area contributed by atoms with E-state index in [0.29, 0.717) is 0 Å². The third kappa shape index (κ3) is 1.76. The van der Waals surface area contributed by atoms with Crippen LogP contribution in [0, 0.1) is 0 Å². The predicted molar refractivity (Wildman–Crippen MR) is 35.4 cm³/mol. The maximum absolute atomic E-state index is 10.8. The monoisotopic (exact) mass is 156 g/mol. The van der Waals surface area contributed by atoms with Crippen LogP contribution in [0.15, 0.2) is 0 Å². The summed E-state index contributed by atoms with van der Waals surface area (Å²) in [5.74, 6) is -1.07. The van der Waals surface area contributed by atoms with Crippen LogP contribution < -0.4 is 10.6 Å². The number of rotatable bonds is 1. The van der Waals surface area contributed by atoms with Crippen LogP contribution in [0.1, 0.15) is 13.3 Å². The molecule has 5 heteroatoms.